The first-order chi connectivity index (χ1) is 11.2. The number of ether oxygens (including phenoxy) is 3. The molecule has 0 N–H and O–H groups in total. The summed E-state index contributed by atoms with van der Waals surface area (Å²) in [6, 6.07) is 6.35. The normalized spacial score (nSPS) is 20.0. The van der Waals surface area contributed by atoms with Gasteiger partial charge in [0.05, 0.1) is 36.9 Å². The van der Waals surface area contributed by atoms with Gasteiger partial charge in [0.2, 0.25) is 0 Å². The standard InChI is InChI=1S/C17H24O6S/c1-17(2)22-12-14(23-17)5-4-10-24(19,20)15-8-6-13(7-9-15)11-16(18)21-3/h6-9,14H,4-5,10-12H2,1-3H3. The predicted octanol–water partition coefficient (Wildman–Crippen LogP) is 2.11. The van der Waals surface area contributed by atoms with Gasteiger partial charge in [-0.1, -0.05) is 12.1 Å². The number of hydrogen-bond acceptors (Lipinski definition) is 6. The van der Waals surface area contributed by atoms with Crippen LogP contribution in [0, 0.1) is 0 Å². The summed E-state index contributed by atoms with van der Waals surface area (Å²) >= 11 is 0. The molecule has 24 heavy (non-hydrogen) atoms. The van der Waals surface area contributed by atoms with Gasteiger partial charge in [-0.25, -0.2) is 8.42 Å². The van der Waals surface area contributed by atoms with Gasteiger partial charge in [-0.3, -0.25) is 4.79 Å². The maximum absolute atomic E-state index is 12.4. The van der Waals surface area contributed by atoms with Gasteiger partial charge in [-0.05, 0) is 44.4 Å². The second-order valence-electron chi connectivity index (χ2n) is 6.31. The summed E-state index contributed by atoms with van der Waals surface area (Å²) in [5, 5.41) is 0. The first-order valence-electron chi connectivity index (χ1n) is 7.92. The van der Waals surface area contributed by atoms with Crippen molar-refractivity contribution in [2.45, 2.75) is 49.9 Å². The second-order valence-corrected chi connectivity index (χ2v) is 8.42. The Bertz CT molecular complexity index is 663. The van der Waals surface area contributed by atoms with Crippen LogP contribution >= 0.6 is 0 Å². The monoisotopic (exact) mass is 356 g/mol. The van der Waals surface area contributed by atoms with Gasteiger partial charge in [0.15, 0.2) is 15.6 Å². The Hall–Kier alpha value is -1.44. The van der Waals surface area contributed by atoms with E-state index in [2.05, 4.69) is 4.74 Å². The molecule has 0 radical (unpaired) electrons. The number of hydrogen-bond donors (Lipinski definition) is 0. The smallest absolute Gasteiger partial charge is 0.309 e. The number of sulfone groups is 1. The fourth-order valence-electron chi connectivity index (χ4n) is 2.58. The maximum atomic E-state index is 12.4. The average Bonchev–Trinajstić information content (AvgIpc) is 2.86. The van der Waals surface area contributed by atoms with Crippen LogP contribution in [0.4, 0.5) is 0 Å². The molecular weight excluding hydrogens is 332 g/mol. The third-order valence-corrected chi connectivity index (χ3v) is 5.68. The minimum atomic E-state index is -3.34. The molecular formula is C17H24O6S. The first kappa shape index (κ1) is 18.9. The molecule has 0 aromatic heterocycles. The van der Waals surface area contributed by atoms with Crippen LogP contribution in [0.5, 0.6) is 0 Å². The Morgan fingerprint density at radius 1 is 1.29 bits per heavy atom. The van der Waals surface area contributed by atoms with Crippen molar-refractivity contribution < 1.29 is 27.4 Å². The van der Waals surface area contributed by atoms with E-state index in [1.807, 2.05) is 13.8 Å². The van der Waals surface area contributed by atoms with E-state index < -0.39 is 15.6 Å². The Morgan fingerprint density at radius 2 is 1.96 bits per heavy atom. The summed E-state index contributed by atoms with van der Waals surface area (Å²) in [5.41, 5.74) is 0.722. The van der Waals surface area contributed by atoms with Gasteiger partial charge >= 0.3 is 5.97 Å². The predicted molar refractivity (Wildman–Crippen MR) is 88.4 cm³/mol. The number of carbonyl (C=O) groups is 1. The van der Waals surface area contributed by atoms with Gasteiger partial charge in [-0.2, -0.15) is 0 Å². The summed E-state index contributed by atoms with van der Waals surface area (Å²) in [4.78, 5) is 11.5. The van der Waals surface area contributed by atoms with Crippen molar-refractivity contribution in [3.63, 3.8) is 0 Å². The van der Waals surface area contributed by atoms with Crippen molar-refractivity contribution in [1.82, 2.24) is 0 Å². The summed E-state index contributed by atoms with van der Waals surface area (Å²) in [6.45, 7) is 4.19. The Kier molecular flexibility index (Phi) is 6.01. The SMILES string of the molecule is COC(=O)Cc1ccc(S(=O)(=O)CCCC2COC(C)(C)O2)cc1. The van der Waals surface area contributed by atoms with Gasteiger partial charge in [-0.15, -0.1) is 0 Å². The van der Waals surface area contributed by atoms with Crippen molar-refractivity contribution >= 4 is 15.8 Å². The highest BCUT2D eigenvalue weighted by Gasteiger charge is 2.32. The number of esters is 1. The number of rotatable bonds is 7. The fourth-order valence-corrected chi connectivity index (χ4v) is 3.91. The highest BCUT2D eigenvalue weighted by Crippen LogP contribution is 2.25. The van der Waals surface area contributed by atoms with E-state index in [0.29, 0.717) is 19.4 Å². The lowest BCUT2D eigenvalue weighted by Crippen LogP contribution is -2.21. The zero-order chi connectivity index (χ0) is 17.8. The molecule has 6 nitrogen and oxygen atoms in total. The van der Waals surface area contributed by atoms with Gasteiger partial charge < -0.3 is 14.2 Å². The molecule has 0 spiro atoms. The van der Waals surface area contributed by atoms with Crippen LogP contribution in [0.1, 0.15) is 32.3 Å². The third kappa shape index (κ3) is 5.29. The number of benzene rings is 1. The highest BCUT2D eigenvalue weighted by atomic mass is 32.2. The molecule has 1 aliphatic rings. The van der Waals surface area contributed by atoms with E-state index >= 15 is 0 Å². The molecule has 134 valence electrons. The van der Waals surface area contributed by atoms with E-state index in [1.54, 1.807) is 12.1 Å². The van der Waals surface area contributed by atoms with Crippen molar-refractivity contribution in [2.24, 2.45) is 0 Å². The van der Waals surface area contributed by atoms with Crippen LogP contribution < -0.4 is 0 Å². The zero-order valence-electron chi connectivity index (χ0n) is 14.3. The lowest BCUT2D eigenvalue weighted by atomic mass is 10.2. The quantitative estimate of drug-likeness (QED) is 0.696. The van der Waals surface area contributed by atoms with Crippen LogP contribution in [0.15, 0.2) is 29.2 Å². The fraction of sp³-hybridized carbons (Fsp3) is 0.588. The molecule has 1 aliphatic heterocycles. The maximum Gasteiger partial charge on any atom is 0.309 e. The number of methoxy groups -OCH3 is 1. The van der Waals surface area contributed by atoms with E-state index in [9.17, 15) is 13.2 Å². The van der Waals surface area contributed by atoms with Gasteiger partial charge in [0.1, 0.15) is 0 Å². The molecule has 0 aliphatic carbocycles. The van der Waals surface area contributed by atoms with E-state index in [4.69, 9.17) is 9.47 Å². The van der Waals surface area contributed by atoms with Crippen molar-refractivity contribution in [3.05, 3.63) is 29.8 Å². The summed E-state index contributed by atoms with van der Waals surface area (Å²) in [7, 11) is -2.02. The third-order valence-electron chi connectivity index (χ3n) is 3.87. The number of carbonyl (C=O) groups excluding carboxylic acids is 1. The Balaban J connectivity index is 1.87. The molecule has 1 aromatic rings. The molecule has 1 atom stereocenters. The summed E-state index contributed by atoms with van der Waals surface area (Å²) in [5.74, 6) is -0.879. The molecule has 1 heterocycles. The zero-order valence-corrected chi connectivity index (χ0v) is 15.1. The van der Waals surface area contributed by atoms with E-state index in [0.717, 1.165) is 5.56 Å². The van der Waals surface area contributed by atoms with E-state index in [1.165, 1.54) is 19.2 Å². The molecule has 0 saturated carbocycles. The van der Waals surface area contributed by atoms with Crippen LogP contribution in [0.25, 0.3) is 0 Å². The largest absolute Gasteiger partial charge is 0.469 e. The topological polar surface area (TPSA) is 78.9 Å². The van der Waals surface area contributed by atoms with Gasteiger partial charge in [0.25, 0.3) is 0 Å². The average molecular weight is 356 g/mol. The Labute approximate surface area is 143 Å². The molecule has 1 saturated heterocycles. The second kappa shape index (κ2) is 7.63. The van der Waals surface area contributed by atoms with Crippen molar-refractivity contribution in [2.75, 3.05) is 19.5 Å². The minimum absolute atomic E-state index is 0.0577. The van der Waals surface area contributed by atoms with Crippen molar-refractivity contribution in [1.29, 1.82) is 0 Å². The minimum Gasteiger partial charge on any atom is -0.469 e. The van der Waals surface area contributed by atoms with Crippen LogP contribution in [-0.4, -0.2) is 45.7 Å². The molecule has 1 aromatic carbocycles. The summed E-state index contributed by atoms with van der Waals surface area (Å²) in [6.07, 6.45) is 1.23. The van der Waals surface area contributed by atoms with Gasteiger partial charge in [0, 0.05) is 0 Å². The lowest BCUT2D eigenvalue weighted by molar-refractivity contribution is -0.140. The van der Waals surface area contributed by atoms with Crippen LogP contribution in [0.3, 0.4) is 0 Å². The lowest BCUT2D eigenvalue weighted by Gasteiger charge is -2.17. The van der Waals surface area contributed by atoms with E-state index in [-0.39, 0.29) is 29.1 Å². The Morgan fingerprint density at radius 3 is 2.50 bits per heavy atom. The van der Waals surface area contributed by atoms with Crippen molar-refractivity contribution in [3.8, 4) is 0 Å². The molecule has 2 rings (SSSR count). The first-order valence-corrected chi connectivity index (χ1v) is 9.57. The molecule has 1 unspecified atom stereocenters. The highest BCUT2D eigenvalue weighted by molar-refractivity contribution is 7.91. The molecule has 0 amide bonds. The van der Waals surface area contributed by atoms with Crippen LogP contribution in [0.2, 0.25) is 0 Å². The van der Waals surface area contributed by atoms with Crippen LogP contribution in [-0.2, 0) is 35.3 Å². The molecule has 0 bridgehead atoms. The molecule has 1 fully saturated rings. The summed E-state index contributed by atoms with van der Waals surface area (Å²) < 4.78 is 40.4. The molecule has 7 heteroatoms.